The Morgan fingerprint density at radius 3 is 1.12 bits per heavy atom. The summed E-state index contributed by atoms with van der Waals surface area (Å²) in [6.45, 7) is 26.0. The maximum Gasteiger partial charge on any atom is 1.00 e. The number of ether oxygens (including phenoxy) is 3. The number of nitrogens with one attached hydrogen (secondary N) is 3. The van der Waals surface area contributed by atoms with E-state index < -0.39 is 39.5 Å². The van der Waals surface area contributed by atoms with Crippen LogP contribution < -0.4 is 189 Å². The third-order valence-electron chi connectivity index (χ3n) is 12.4. The summed E-state index contributed by atoms with van der Waals surface area (Å²) in [6, 6.07) is 14.5. The zero-order valence-corrected chi connectivity index (χ0v) is 71.1. The van der Waals surface area contributed by atoms with Crippen molar-refractivity contribution in [3.05, 3.63) is 89.4 Å². The van der Waals surface area contributed by atoms with Gasteiger partial charge in [0, 0.05) is 76.9 Å². The Balaban J connectivity index is -0.000000399. The molecule has 0 spiro atoms. The molecule has 20 heteroatoms. The van der Waals surface area contributed by atoms with Crippen molar-refractivity contribution >= 4 is 52.7 Å². The van der Waals surface area contributed by atoms with Gasteiger partial charge in [-0.15, -0.1) is 12.6 Å². The van der Waals surface area contributed by atoms with Crippen molar-refractivity contribution in [3.8, 4) is 17.6 Å². The minimum Gasteiger partial charge on any atom is -0.674 e. The van der Waals surface area contributed by atoms with Gasteiger partial charge in [-0.25, -0.2) is 22.1 Å². The molecule has 0 amide bonds. The van der Waals surface area contributed by atoms with Crippen LogP contribution in [0.4, 0.5) is 0 Å². The first kappa shape index (κ1) is 83.3. The molecule has 0 aromatic carbocycles. The summed E-state index contributed by atoms with van der Waals surface area (Å²) in [6.07, 6.45) is 14.0. The summed E-state index contributed by atoms with van der Waals surface area (Å²) in [7, 11) is 1.25. The maximum absolute atomic E-state index is 7.25. The molecule has 3 aromatic rings. The van der Waals surface area contributed by atoms with Gasteiger partial charge in [0.1, 0.15) is 37.4 Å². The molecule has 0 unspecified atom stereocenters. The van der Waals surface area contributed by atoms with E-state index in [0.29, 0.717) is 36.7 Å². The topological polar surface area (TPSA) is 147 Å². The number of pyridine rings is 3. The van der Waals surface area contributed by atoms with E-state index in [2.05, 4.69) is 98.7 Å². The fraction of sp³-hybridized carbons (Fsp3) is 0.712. The molecule has 387 valence electrons. The minimum atomic E-state index is -0.543. The van der Waals surface area contributed by atoms with E-state index in [9.17, 15) is 0 Å². The van der Waals surface area contributed by atoms with Crippen molar-refractivity contribution in [1.29, 1.82) is 0 Å². The Morgan fingerprint density at radius 1 is 0.583 bits per heavy atom. The first-order valence-corrected chi connectivity index (χ1v) is 42.4. The number of hydrogen-bond acceptors (Lipinski definition) is 9. The molecule has 12 heterocycles. The number of piperidine rings is 9. The van der Waals surface area contributed by atoms with E-state index in [0.717, 1.165) is 62.0 Å². The molecule has 9 fully saturated rings. The molecular formula is C52H95B2N9O3Rb3Sn2Y-. The number of aromatic nitrogens is 3. The molecule has 72 heavy (non-hydrogen) atoms. The molecule has 12 rings (SSSR count). The molecule has 9 saturated heterocycles. The van der Waals surface area contributed by atoms with Crippen LogP contribution in [0.2, 0.25) is 56.9 Å². The molecule has 3 atom stereocenters. The molecule has 0 aliphatic carbocycles. The molecule has 3 N–H and O–H groups in total. The van der Waals surface area contributed by atoms with Crippen LogP contribution in [-0.4, -0.2) is 173 Å². The van der Waals surface area contributed by atoms with Crippen molar-refractivity contribution < 1.29 is 221 Å². The Morgan fingerprint density at radius 2 is 0.903 bits per heavy atom. The van der Waals surface area contributed by atoms with Gasteiger partial charge < -0.3 is 31.4 Å². The fourth-order valence-corrected chi connectivity index (χ4v) is 8.08. The van der Waals surface area contributed by atoms with Crippen LogP contribution in [0.1, 0.15) is 64.0 Å². The van der Waals surface area contributed by atoms with Crippen LogP contribution in [-0.2, 0) is 39.3 Å². The van der Waals surface area contributed by atoms with Gasteiger partial charge in [-0.3, -0.25) is 19.7 Å². The van der Waals surface area contributed by atoms with Gasteiger partial charge in [0.2, 0.25) is 11.8 Å². The predicted octanol–water partition coefficient (Wildman–Crippen LogP) is 3.01. The van der Waals surface area contributed by atoms with Crippen molar-refractivity contribution in [2.45, 2.75) is 142 Å². The van der Waals surface area contributed by atoms with Gasteiger partial charge in [0.25, 0.3) is 0 Å². The summed E-state index contributed by atoms with van der Waals surface area (Å²) in [5, 5.41) is 0. The van der Waals surface area contributed by atoms with E-state index in [-0.39, 0.29) is 221 Å². The Labute approximate surface area is 629 Å². The third-order valence-corrected chi connectivity index (χ3v) is 12.4. The normalized spacial score (nSPS) is 23.8. The summed E-state index contributed by atoms with van der Waals surface area (Å²) in [5.41, 5.74) is 21.3. The first-order valence-electron chi connectivity index (χ1n) is 25.3. The fourth-order valence-electron chi connectivity index (χ4n) is 8.08. The average Bonchev–Trinajstić information content (AvgIpc) is 3.33. The number of fused-ring (bicyclic) bond motifs is 9. The standard InChI is InChI=1S/C13H18N3O.C13H18N2O.C12H15N2O.C4H12B2.C2H6N.CH4N.CH4.6CH3.3Rb.2Sn.Y/c14-7-10-1-2-13(15-8-10)17-12-9-16-5-3-11(12)4-6-16;1-10-2-3-13(14-8-10)16-12-9-15-6-4-11(12)5-7-15;1-2-6-13-12(3-1)15-11-9-14-7-4-10(11)5-8-14;1-5(2)6(3)4;1-2-3;1-2;;;;;;;;;;;;;/h1-2,8,11-12,14H,3-7,9H2;2-3,8,11-12H,4-7,9H2,1H3;1,3,6,10-11H,4-5,7-9H2;1-4H3;3H,2H2,1H3;2H,1H3;1H4;6*1H3;;;;;;/q-1;;-1;;2*-1;;;;;;;;3*+1;;;/t2*12-;11-;;;;;;;;;;;;;;;;/m000................/s1. The number of aryl methyl sites for hydroxylation is 1. The van der Waals surface area contributed by atoms with E-state index >= 15 is 0 Å². The van der Waals surface area contributed by atoms with Crippen molar-refractivity contribution in [3.63, 3.8) is 0 Å². The second-order valence-corrected chi connectivity index (χ2v) is 37.3. The maximum atomic E-state index is 7.25. The number of nitrogens with zero attached hydrogens (tertiary/aromatic N) is 6. The van der Waals surface area contributed by atoms with Crippen LogP contribution in [0.5, 0.6) is 17.6 Å². The first-order chi connectivity index (χ1) is 32.1. The van der Waals surface area contributed by atoms with Crippen molar-refractivity contribution in [2.24, 2.45) is 17.8 Å². The van der Waals surface area contributed by atoms with Gasteiger partial charge in [0.15, 0.2) is 0 Å². The Hall–Kier alpha value is 4.86. The molecule has 6 bridgehead atoms. The van der Waals surface area contributed by atoms with Crippen LogP contribution in [0.25, 0.3) is 17.2 Å². The summed E-state index contributed by atoms with van der Waals surface area (Å²) in [5.74, 6) is 4.42. The summed E-state index contributed by atoms with van der Waals surface area (Å²) < 4.78 is 17.9. The van der Waals surface area contributed by atoms with Gasteiger partial charge in [-0.1, -0.05) is 65.5 Å². The van der Waals surface area contributed by atoms with Crippen LogP contribution >= 0.6 is 0 Å². The molecule has 3 aromatic heterocycles. The molecule has 0 saturated carbocycles. The van der Waals surface area contributed by atoms with E-state index in [1.54, 1.807) is 19.3 Å². The van der Waals surface area contributed by atoms with Gasteiger partial charge in [-0.05, 0) is 108 Å². The van der Waals surface area contributed by atoms with E-state index in [1.165, 1.54) is 90.4 Å². The third kappa shape index (κ3) is 37.1. The van der Waals surface area contributed by atoms with Gasteiger partial charge in [0.05, 0.1) is 0 Å². The van der Waals surface area contributed by atoms with Crippen LogP contribution in [0, 0.1) is 30.7 Å². The second-order valence-electron chi connectivity index (χ2n) is 20.2. The van der Waals surface area contributed by atoms with Gasteiger partial charge in [-0.2, -0.15) is 13.6 Å². The molecular weight excluding hydrogens is 1400 g/mol. The minimum absolute atomic E-state index is 0. The molecule has 9 aliphatic heterocycles. The SMILES string of the molecule is C.CB(C)B(C)C.CC[NH-].C[NH-].Cc1ccc(O[C@H]2CN3CCC2CC3)nc1.[CH3][Sn]([CH3])[CH3].[CH3][Sn]([CH3])[CH3].[NH-]Cc1ccc(O[C@H]2CN3CCC2CC3)nc1.[Rb+].[Rb+].[Rb+].[Y].[c-]1ccc(O[C@H]2CN3CCC2CC3)nc1. The monoisotopic (exact) mass is 1500 g/mol. The van der Waals surface area contributed by atoms with Crippen LogP contribution in [0.3, 0.4) is 0 Å². The molecule has 9 aliphatic rings. The quantitative estimate of drug-likeness (QED) is 0.246. The Bertz CT molecular complexity index is 1640. The number of rotatable bonds is 8. The average molecular weight is 1500 g/mol. The summed E-state index contributed by atoms with van der Waals surface area (Å²) >= 11 is -1.09. The van der Waals surface area contributed by atoms with Crippen molar-refractivity contribution in [2.75, 3.05) is 72.5 Å². The molecule has 3 radical (unpaired) electrons. The number of hydrogen-bond donors (Lipinski definition) is 0. The predicted molar refractivity (Wildman–Crippen MR) is 299 cm³/mol. The smallest absolute Gasteiger partial charge is 0.674 e. The van der Waals surface area contributed by atoms with Crippen LogP contribution in [0.15, 0.2) is 55.0 Å². The Kier molecular flexibility index (Phi) is 58.3. The van der Waals surface area contributed by atoms with Crippen molar-refractivity contribution in [1.82, 2.24) is 29.7 Å². The zero-order valence-electron chi connectivity index (χ0n) is 47.8. The molecule has 12 nitrogen and oxygen atoms in total. The van der Waals surface area contributed by atoms with E-state index in [1.807, 2.05) is 43.5 Å². The second kappa shape index (κ2) is 50.4. The van der Waals surface area contributed by atoms with E-state index in [4.69, 9.17) is 31.4 Å². The summed E-state index contributed by atoms with van der Waals surface area (Å²) in [4.78, 5) is 34.4. The zero-order chi connectivity index (χ0) is 49.7. The van der Waals surface area contributed by atoms with Gasteiger partial charge >= 0.3 is 244 Å². The largest absolute Gasteiger partial charge is 1.00 e.